The second-order valence-electron chi connectivity index (χ2n) is 8.60. The first-order valence-electron chi connectivity index (χ1n) is 10.2. The SMILES string of the molecule is Cc1cccc(C)c1NC(=O)C1([P+](C)(C)CC(=O)OCc2ccccc2)CCC1. The van der Waals surface area contributed by atoms with Crippen molar-refractivity contribution in [2.45, 2.75) is 44.9 Å². The van der Waals surface area contributed by atoms with Crippen LogP contribution in [0.15, 0.2) is 48.5 Å². The number of carbonyl (C=O) groups is 2. The summed E-state index contributed by atoms with van der Waals surface area (Å²) in [4.78, 5) is 26.0. The van der Waals surface area contributed by atoms with E-state index in [9.17, 15) is 9.59 Å². The Morgan fingerprint density at radius 1 is 1.00 bits per heavy atom. The summed E-state index contributed by atoms with van der Waals surface area (Å²) >= 11 is 0. The topological polar surface area (TPSA) is 55.4 Å². The van der Waals surface area contributed by atoms with Crippen molar-refractivity contribution in [1.82, 2.24) is 0 Å². The highest BCUT2D eigenvalue weighted by Crippen LogP contribution is 2.70. The van der Waals surface area contributed by atoms with Crippen LogP contribution in [0.1, 0.15) is 36.0 Å². The van der Waals surface area contributed by atoms with Crippen LogP contribution in [0.2, 0.25) is 0 Å². The first-order valence-corrected chi connectivity index (χ1v) is 13.0. The number of carbonyl (C=O) groups excluding carboxylic acids is 2. The number of rotatable bonds is 7. The number of anilines is 1. The predicted molar refractivity (Wildman–Crippen MR) is 121 cm³/mol. The highest BCUT2D eigenvalue weighted by Gasteiger charge is 2.61. The van der Waals surface area contributed by atoms with Gasteiger partial charge in [0.2, 0.25) is 0 Å². The number of nitrogens with one attached hydrogen (secondary N) is 1. The molecule has 0 aromatic heterocycles. The molecule has 2 aromatic carbocycles. The van der Waals surface area contributed by atoms with Crippen molar-refractivity contribution in [2.24, 2.45) is 0 Å². The number of esters is 1. The molecule has 0 unspecified atom stereocenters. The van der Waals surface area contributed by atoms with Gasteiger partial charge in [-0.3, -0.25) is 4.79 Å². The van der Waals surface area contributed by atoms with Gasteiger partial charge >= 0.3 is 5.97 Å². The van der Waals surface area contributed by atoms with Crippen molar-refractivity contribution >= 4 is 24.8 Å². The first-order chi connectivity index (χ1) is 13.7. The Bertz CT molecular complexity index is 868. The van der Waals surface area contributed by atoms with Crippen LogP contribution in [0.4, 0.5) is 5.69 Å². The van der Waals surface area contributed by atoms with Gasteiger partial charge in [0.05, 0.1) is 13.3 Å². The Morgan fingerprint density at radius 3 is 2.17 bits per heavy atom. The summed E-state index contributed by atoms with van der Waals surface area (Å²) in [5.74, 6) is -0.145. The fourth-order valence-corrected chi connectivity index (χ4v) is 7.29. The zero-order valence-electron chi connectivity index (χ0n) is 17.8. The molecule has 0 bridgehead atoms. The van der Waals surface area contributed by atoms with Crippen LogP contribution >= 0.6 is 7.26 Å². The molecule has 1 N–H and O–H groups in total. The lowest BCUT2D eigenvalue weighted by atomic mass is 9.83. The molecule has 154 valence electrons. The molecule has 1 amide bonds. The summed E-state index contributed by atoms with van der Waals surface area (Å²) in [5.41, 5.74) is 4.00. The van der Waals surface area contributed by atoms with Crippen LogP contribution in [-0.2, 0) is 20.9 Å². The molecule has 1 aliphatic carbocycles. The molecule has 29 heavy (non-hydrogen) atoms. The Labute approximate surface area is 174 Å². The number of hydrogen-bond donors (Lipinski definition) is 1. The molecule has 1 fully saturated rings. The summed E-state index contributed by atoms with van der Waals surface area (Å²) in [7, 11) is -1.87. The van der Waals surface area contributed by atoms with E-state index in [1.165, 1.54) is 0 Å². The van der Waals surface area contributed by atoms with Crippen molar-refractivity contribution in [3.63, 3.8) is 0 Å². The van der Waals surface area contributed by atoms with Crippen LogP contribution in [0.3, 0.4) is 0 Å². The van der Waals surface area contributed by atoms with Gasteiger partial charge in [0.1, 0.15) is 6.61 Å². The Balaban J connectivity index is 1.69. The minimum atomic E-state index is -1.87. The summed E-state index contributed by atoms with van der Waals surface area (Å²) < 4.78 is 5.52. The Morgan fingerprint density at radius 2 is 1.62 bits per heavy atom. The van der Waals surface area contributed by atoms with Crippen molar-refractivity contribution < 1.29 is 14.3 Å². The molecule has 1 aliphatic rings. The van der Waals surface area contributed by atoms with E-state index in [1.807, 2.05) is 62.4 Å². The fourth-order valence-electron chi connectivity index (χ4n) is 4.12. The molecule has 0 spiro atoms. The van der Waals surface area contributed by atoms with Crippen LogP contribution in [0, 0.1) is 13.8 Å². The van der Waals surface area contributed by atoms with Crippen LogP contribution < -0.4 is 5.32 Å². The monoisotopic (exact) mass is 412 g/mol. The molecule has 4 nitrogen and oxygen atoms in total. The van der Waals surface area contributed by atoms with Gasteiger partial charge in [-0.2, -0.15) is 0 Å². The Hall–Kier alpha value is -2.19. The molecule has 0 saturated heterocycles. The van der Waals surface area contributed by atoms with E-state index in [2.05, 4.69) is 18.6 Å². The standard InChI is InChI=1S/C24H30NO3P/c1-18-10-8-11-19(2)22(18)25-23(27)24(14-9-15-24)29(3,4)17-21(26)28-16-20-12-6-5-7-13-20/h5-8,10-13H,9,14-17H2,1-4H3/p+1. The van der Waals surface area contributed by atoms with Gasteiger partial charge in [0.25, 0.3) is 5.91 Å². The van der Waals surface area contributed by atoms with Crippen molar-refractivity contribution in [3.8, 4) is 0 Å². The van der Waals surface area contributed by atoms with Crippen molar-refractivity contribution in [3.05, 3.63) is 65.2 Å². The summed E-state index contributed by atoms with van der Waals surface area (Å²) in [6.07, 6.45) is 3.05. The third-order valence-electron chi connectivity index (χ3n) is 6.25. The number of ether oxygens (including phenoxy) is 1. The zero-order valence-corrected chi connectivity index (χ0v) is 18.7. The molecule has 0 heterocycles. The highest BCUT2D eigenvalue weighted by atomic mass is 31.2. The maximum absolute atomic E-state index is 13.4. The van der Waals surface area contributed by atoms with E-state index in [0.29, 0.717) is 6.16 Å². The van der Waals surface area contributed by atoms with E-state index in [0.717, 1.165) is 41.6 Å². The van der Waals surface area contributed by atoms with E-state index >= 15 is 0 Å². The maximum Gasteiger partial charge on any atom is 0.344 e. The lowest BCUT2D eigenvalue weighted by Crippen LogP contribution is -2.51. The normalized spacial score (nSPS) is 15.3. The van der Waals surface area contributed by atoms with E-state index in [1.54, 1.807) is 0 Å². The minimum Gasteiger partial charge on any atom is -0.458 e. The van der Waals surface area contributed by atoms with Gasteiger partial charge in [-0.15, -0.1) is 0 Å². The molecule has 0 aliphatic heterocycles. The van der Waals surface area contributed by atoms with E-state index < -0.39 is 12.4 Å². The van der Waals surface area contributed by atoms with Gasteiger partial charge in [-0.25, -0.2) is 4.79 Å². The first kappa shape index (κ1) is 21.5. The third kappa shape index (κ3) is 4.53. The minimum absolute atomic E-state index is 0.0651. The number of para-hydroxylation sites is 1. The molecule has 1 saturated carbocycles. The molecular weight excluding hydrogens is 381 g/mol. The second-order valence-corrected chi connectivity index (χ2v) is 13.1. The molecule has 0 atom stereocenters. The zero-order chi connectivity index (χ0) is 21.1. The van der Waals surface area contributed by atoms with Gasteiger partial charge < -0.3 is 10.1 Å². The lowest BCUT2D eigenvalue weighted by Gasteiger charge is -2.45. The van der Waals surface area contributed by atoms with Gasteiger partial charge in [0.15, 0.2) is 11.3 Å². The molecule has 3 rings (SSSR count). The third-order valence-corrected chi connectivity index (χ3v) is 10.3. The summed E-state index contributed by atoms with van der Waals surface area (Å²) in [5, 5.41) is 2.76. The average Bonchev–Trinajstić information content (AvgIpc) is 2.62. The lowest BCUT2D eigenvalue weighted by molar-refractivity contribution is -0.141. The van der Waals surface area contributed by atoms with Gasteiger partial charge in [-0.05, 0) is 49.8 Å². The molecule has 2 aromatic rings. The van der Waals surface area contributed by atoms with Crippen molar-refractivity contribution in [1.29, 1.82) is 0 Å². The van der Waals surface area contributed by atoms with Crippen LogP contribution in [-0.4, -0.2) is 36.5 Å². The second kappa shape index (κ2) is 8.67. The number of hydrogen-bond acceptors (Lipinski definition) is 3. The fraction of sp³-hybridized carbons (Fsp3) is 0.417. The maximum atomic E-state index is 13.4. The van der Waals surface area contributed by atoms with Crippen molar-refractivity contribution in [2.75, 3.05) is 24.8 Å². The van der Waals surface area contributed by atoms with Gasteiger partial charge in [0, 0.05) is 12.9 Å². The van der Waals surface area contributed by atoms with Gasteiger partial charge in [-0.1, -0.05) is 48.5 Å². The largest absolute Gasteiger partial charge is 0.458 e. The highest BCUT2D eigenvalue weighted by molar-refractivity contribution is 7.77. The summed E-state index contributed by atoms with van der Waals surface area (Å²) in [6.45, 7) is 8.55. The summed E-state index contributed by atoms with van der Waals surface area (Å²) in [6, 6.07) is 15.7. The average molecular weight is 412 g/mol. The van der Waals surface area contributed by atoms with E-state index in [4.69, 9.17) is 4.74 Å². The smallest absolute Gasteiger partial charge is 0.344 e. The van der Waals surface area contributed by atoms with Crippen LogP contribution in [0.5, 0.6) is 0 Å². The number of amides is 1. The van der Waals surface area contributed by atoms with E-state index in [-0.39, 0.29) is 18.5 Å². The molecular formula is C24H31NO3P+. The number of benzene rings is 2. The number of aryl methyl sites for hydroxylation is 2. The quantitative estimate of drug-likeness (QED) is 0.503. The Kier molecular flexibility index (Phi) is 6.43. The molecule has 0 radical (unpaired) electrons. The molecule has 5 heteroatoms. The predicted octanol–water partition coefficient (Wildman–Crippen LogP) is 5.19. The van der Waals surface area contributed by atoms with Crippen LogP contribution in [0.25, 0.3) is 0 Å².